The second-order valence-corrected chi connectivity index (χ2v) is 5.96. The van der Waals surface area contributed by atoms with Crippen molar-refractivity contribution in [3.8, 4) is 5.75 Å². The van der Waals surface area contributed by atoms with E-state index in [2.05, 4.69) is 26.6 Å². The van der Waals surface area contributed by atoms with Crippen LogP contribution in [-0.4, -0.2) is 18.9 Å². The van der Waals surface area contributed by atoms with Crippen molar-refractivity contribution in [3.63, 3.8) is 0 Å². The lowest BCUT2D eigenvalue weighted by molar-refractivity contribution is -0.114. The summed E-state index contributed by atoms with van der Waals surface area (Å²) in [6.45, 7) is 1.39. The molecule has 0 aromatic heterocycles. The van der Waals surface area contributed by atoms with Crippen molar-refractivity contribution in [2.45, 2.75) is 6.92 Å². The molecule has 2 N–H and O–H groups in total. The van der Waals surface area contributed by atoms with E-state index in [-0.39, 0.29) is 11.8 Å². The summed E-state index contributed by atoms with van der Waals surface area (Å²) in [5, 5.41) is 5.83. The van der Waals surface area contributed by atoms with Crippen molar-refractivity contribution in [1.29, 1.82) is 0 Å². The van der Waals surface area contributed by atoms with Crippen LogP contribution in [0.4, 0.5) is 11.4 Å². The zero-order valence-corrected chi connectivity index (χ0v) is 14.8. The SMILES string of the molecule is COc1ccc(Br)c(C(=O)Nc2cc(Cl)ccc2NC(C)=O)c1. The molecule has 0 radical (unpaired) electrons. The highest BCUT2D eigenvalue weighted by atomic mass is 79.9. The molecule has 2 amide bonds. The molecule has 0 saturated carbocycles. The zero-order chi connectivity index (χ0) is 17.0. The molecule has 0 unspecified atom stereocenters. The molecular formula is C16H14BrClN2O3. The number of ether oxygens (including phenoxy) is 1. The van der Waals surface area contributed by atoms with Crippen LogP contribution in [0.1, 0.15) is 17.3 Å². The number of hydrogen-bond acceptors (Lipinski definition) is 3. The highest BCUT2D eigenvalue weighted by Crippen LogP contribution is 2.28. The maximum Gasteiger partial charge on any atom is 0.257 e. The molecule has 0 aliphatic heterocycles. The Kier molecular flexibility index (Phi) is 5.63. The normalized spacial score (nSPS) is 10.1. The summed E-state index contributed by atoms with van der Waals surface area (Å²) in [5.41, 5.74) is 1.28. The first-order chi connectivity index (χ1) is 10.9. The van der Waals surface area contributed by atoms with Gasteiger partial charge in [0.15, 0.2) is 0 Å². The van der Waals surface area contributed by atoms with Crippen molar-refractivity contribution in [3.05, 3.63) is 51.5 Å². The van der Waals surface area contributed by atoms with Crippen LogP contribution < -0.4 is 15.4 Å². The molecule has 0 atom stereocenters. The third-order valence-corrected chi connectivity index (χ3v) is 3.89. The Labute approximate surface area is 147 Å². The Bertz CT molecular complexity index is 765. The number of amides is 2. The molecule has 0 aliphatic rings. The Hall–Kier alpha value is -2.05. The summed E-state index contributed by atoms with van der Waals surface area (Å²) in [6.07, 6.45) is 0. The molecule has 23 heavy (non-hydrogen) atoms. The molecule has 0 fully saturated rings. The predicted molar refractivity (Wildman–Crippen MR) is 94.4 cm³/mol. The number of carbonyl (C=O) groups excluding carboxylic acids is 2. The smallest absolute Gasteiger partial charge is 0.257 e. The molecule has 0 saturated heterocycles. The average Bonchev–Trinajstić information content (AvgIpc) is 2.50. The Morgan fingerprint density at radius 3 is 2.48 bits per heavy atom. The minimum atomic E-state index is -0.357. The van der Waals surface area contributed by atoms with Gasteiger partial charge in [0.2, 0.25) is 5.91 Å². The maximum absolute atomic E-state index is 12.5. The van der Waals surface area contributed by atoms with Gasteiger partial charge in [-0.3, -0.25) is 9.59 Å². The van der Waals surface area contributed by atoms with Gasteiger partial charge in [0.05, 0.1) is 24.0 Å². The summed E-state index contributed by atoms with van der Waals surface area (Å²) < 4.78 is 5.75. The van der Waals surface area contributed by atoms with Crippen molar-refractivity contribution >= 4 is 50.7 Å². The molecule has 0 heterocycles. The van der Waals surface area contributed by atoms with Crippen LogP contribution in [0, 0.1) is 0 Å². The fourth-order valence-corrected chi connectivity index (χ4v) is 2.51. The zero-order valence-electron chi connectivity index (χ0n) is 12.4. The van der Waals surface area contributed by atoms with Gasteiger partial charge in [-0.1, -0.05) is 11.6 Å². The lowest BCUT2D eigenvalue weighted by Gasteiger charge is -2.13. The summed E-state index contributed by atoms with van der Waals surface area (Å²) in [6, 6.07) is 9.90. The van der Waals surface area contributed by atoms with Crippen LogP contribution in [0.5, 0.6) is 5.75 Å². The molecule has 0 aliphatic carbocycles. The summed E-state index contributed by atoms with van der Waals surface area (Å²) >= 11 is 9.30. The first-order valence-electron chi connectivity index (χ1n) is 6.62. The van der Waals surface area contributed by atoms with Gasteiger partial charge < -0.3 is 15.4 Å². The van der Waals surface area contributed by atoms with E-state index in [0.717, 1.165) is 0 Å². The van der Waals surface area contributed by atoms with Gasteiger partial charge in [-0.25, -0.2) is 0 Å². The lowest BCUT2D eigenvalue weighted by Crippen LogP contribution is -2.15. The number of carbonyl (C=O) groups is 2. The first-order valence-corrected chi connectivity index (χ1v) is 7.80. The van der Waals surface area contributed by atoms with Crippen molar-refractivity contribution in [1.82, 2.24) is 0 Å². The molecule has 0 spiro atoms. The Balaban J connectivity index is 2.33. The van der Waals surface area contributed by atoms with E-state index in [9.17, 15) is 9.59 Å². The molecule has 2 aromatic rings. The largest absolute Gasteiger partial charge is 0.497 e. The van der Waals surface area contributed by atoms with Crippen molar-refractivity contribution in [2.24, 2.45) is 0 Å². The monoisotopic (exact) mass is 396 g/mol. The van der Waals surface area contributed by atoms with Gasteiger partial charge in [0.1, 0.15) is 5.75 Å². The van der Waals surface area contributed by atoms with E-state index < -0.39 is 0 Å². The van der Waals surface area contributed by atoms with E-state index >= 15 is 0 Å². The van der Waals surface area contributed by atoms with E-state index in [1.54, 1.807) is 36.4 Å². The van der Waals surface area contributed by atoms with Crippen LogP contribution in [0.15, 0.2) is 40.9 Å². The summed E-state index contributed by atoms with van der Waals surface area (Å²) in [7, 11) is 1.52. The second kappa shape index (κ2) is 7.48. The van der Waals surface area contributed by atoms with Gasteiger partial charge in [0.25, 0.3) is 5.91 Å². The minimum Gasteiger partial charge on any atom is -0.497 e. The van der Waals surface area contributed by atoms with E-state index in [1.165, 1.54) is 14.0 Å². The second-order valence-electron chi connectivity index (χ2n) is 4.67. The Morgan fingerprint density at radius 2 is 1.83 bits per heavy atom. The summed E-state index contributed by atoms with van der Waals surface area (Å²) in [5.74, 6) is -0.0402. The highest BCUT2D eigenvalue weighted by Gasteiger charge is 2.14. The standard InChI is InChI=1S/C16H14BrClN2O3/c1-9(21)19-14-6-3-10(18)7-15(14)20-16(22)12-8-11(23-2)4-5-13(12)17/h3-8H,1-2H3,(H,19,21)(H,20,22). The van der Waals surface area contributed by atoms with Gasteiger partial charge in [-0.15, -0.1) is 0 Å². The number of anilines is 2. The highest BCUT2D eigenvalue weighted by molar-refractivity contribution is 9.10. The molecule has 7 heteroatoms. The number of methoxy groups -OCH3 is 1. The number of nitrogens with one attached hydrogen (secondary N) is 2. The average molecular weight is 398 g/mol. The van der Waals surface area contributed by atoms with Crippen LogP contribution in [-0.2, 0) is 4.79 Å². The molecule has 2 aromatic carbocycles. The van der Waals surface area contributed by atoms with Crippen LogP contribution in [0.25, 0.3) is 0 Å². The minimum absolute atomic E-state index is 0.245. The van der Waals surface area contributed by atoms with E-state index in [1.807, 2.05) is 0 Å². The third kappa shape index (κ3) is 4.46. The predicted octanol–water partition coefficient (Wildman–Crippen LogP) is 4.32. The lowest BCUT2D eigenvalue weighted by atomic mass is 10.2. The first kappa shape index (κ1) is 17.3. The topological polar surface area (TPSA) is 67.4 Å². The van der Waals surface area contributed by atoms with Gasteiger partial charge >= 0.3 is 0 Å². The molecule has 0 bridgehead atoms. The van der Waals surface area contributed by atoms with E-state index in [0.29, 0.717) is 32.2 Å². The van der Waals surface area contributed by atoms with Crippen LogP contribution >= 0.6 is 27.5 Å². The summed E-state index contributed by atoms with van der Waals surface area (Å²) in [4.78, 5) is 23.8. The molecule has 5 nitrogen and oxygen atoms in total. The van der Waals surface area contributed by atoms with Crippen molar-refractivity contribution < 1.29 is 14.3 Å². The van der Waals surface area contributed by atoms with Gasteiger partial charge in [0, 0.05) is 16.4 Å². The fourth-order valence-electron chi connectivity index (χ4n) is 1.91. The molecule has 120 valence electrons. The van der Waals surface area contributed by atoms with Gasteiger partial charge in [-0.05, 0) is 52.3 Å². The van der Waals surface area contributed by atoms with Crippen LogP contribution in [0.3, 0.4) is 0 Å². The van der Waals surface area contributed by atoms with Crippen molar-refractivity contribution in [2.75, 3.05) is 17.7 Å². The number of halogens is 2. The molecule has 2 rings (SSSR count). The quantitative estimate of drug-likeness (QED) is 0.807. The van der Waals surface area contributed by atoms with Gasteiger partial charge in [-0.2, -0.15) is 0 Å². The Morgan fingerprint density at radius 1 is 1.09 bits per heavy atom. The van der Waals surface area contributed by atoms with E-state index in [4.69, 9.17) is 16.3 Å². The number of rotatable bonds is 4. The fraction of sp³-hybridized carbons (Fsp3) is 0.125. The number of benzene rings is 2. The van der Waals surface area contributed by atoms with Crippen LogP contribution in [0.2, 0.25) is 5.02 Å². The third-order valence-electron chi connectivity index (χ3n) is 2.96. The molecular weight excluding hydrogens is 384 g/mol. The number of hydrogen-bond donors (Lipinski definition) is 2. The maximum atomic E-state index is 12.5.